The third-order valence-corrected chi connectivity index (χ3v) is 4.64. The number of nitrogens with zero attached hydrogens (tertiary/aromatic N) is 6. The van der Waals surface area contributed by atoms with E-state index in [1.807, 2.05) is 0 Å². The molecule has 2 N–H and O–H groups in total. The van der Waals surface area contributed by atoms with Gasteiger partial charge >= 0.3 is 6.18 Å². The summed E-state index contributed by atoms with van der Waals surface area (Å²) in [6.07, 6.45) is 2.17. The molecular weight excluding hydrogens is 363 g/mol. The summed E-state index contributed by atoms with van der Waals surface area (Å²) in [5.74, 6) is 1.23. The molecule has 2 atom stereocenters. The Balaban J connectivity index is 1.48. The first-order valence-corrected chi connectivity index (χ1v) is 8.46. The zero-order valence-corrected chi connectivity index (χ0v) is 14.1. The van der Waals surface area contributed by atoms with Crippen molar-refractivity contribution >= 4 is 11.7 Å². The molecule has 11 heteroatoms. The first kappa shape index (κ1) is 17.4. The van der Waals surface area contributed by atoms with Crippen LogP contribution in [0.15, 0.2) is 24.7 Å². The van der Waals surface area contributed by atoms with Crippen LogP contribution in [0.4, 0.5) is 19.1 Å². The number of hydrogen-bond acceptors (Lipinski definition) is 7. The van der Waals surface area contributed by atoms with Gasteiger partial charge in [-0.15, -0.1) is 10.2 Å². The highest BCUT2D eigenvalue weighted by Crippen LogP contribution is 2.33. The fraction of sp³-hybridized carbons (Fsp3) is 0.438. The van der Waals surface area contributed by atoms with Crippen molar-refractivity contribution < 1.29 is 18.3 Å². The predicted octanol–water partition coefficient (Wildman–Crippen LogP) is 2.78. The number of nitrogens with one attached hydrogen (secondary N) is 1. The molecule has 1 aliphatic carbocycles. The van der Waals surface area contributed by atoms with Crippen LogP contribution in [0.25, 0.3) is 5.78 Å². The Bertz CT molecular complexity index is 941. The molecule has 142 valence electrons. The Morgan fingerprint density at radius 2 is 1.93 bits per heavy atom. The van der Waals surface area contributed by atoms with Gasteiger partial charge in [-0.3, -0.25) is 4.40 Å². The second-order valence-electron chi connectivity index (χ2n) is 6.51. The highest BCUT2D eigenvalue weighted by molar-refractivity contribution is 5.32. The van der Waals surface area contributed by atoms with E-state index in [-0.39, 0.29) is 23.8 Å². The van der Waals surface area contributed by atoms with Crippen LogP contribution in [0.1, 0.15) is 43.0 Å². The summed E-state index contributed by atoms with van der Waals surface area (Å²) in [5.41, 5.74) is -0.875. The zero-order chi connectivity index (χ0) is 19.0. The Labute approximate surface area is 151 Å². The lowest BCUT2D eigenvalue weighted by Crippen LogP contribution is -2.28. The maximum Gasteiger partial charge on any atom is 0.419 e. The summed E-state index contributed by atoms with van der Waals surface area (Å²) < 4.78 is 39.5. The molecule has 3 aromatic heterocycles. The van der Waals surface area contributed by atoms with E-state index in [0.29, 0.717) is 12.2 Å². The Hall–Kier alpha value is -2.98. The van der Waals surface area contributed by atoms with E-state index in [0.717, 1.165) is 37.5 Å². The van der Waals surface area contributed by atoms with Crippen molar-refractivity contribution in [2.24, 2.45) is 0 Å². The van der Waals surface area contributed by atoms with Crippen LogP contribution in [0.5, 0.6) is 5.88 Å². The van der Waals surface area contributed by atoms with Gasteiger partial charge < -0.3 is 10.4 Å². The predicted molar refractivity (Wildman–Crippen MR) is 88.1 cm³/mol. The molecule has 3 heterocycles. The van der Waals surface area contributed by atoms with Crippen LogP contribution < -0.4 is 5.32 Å². The highest BCUT2D eigenvalue weighted by Gasteiger charge is 2.32. The van der Waals surface area contributed by atoms with Crippen molar-refractivity contribution in [2.75, 3.05) is 5.32 Å². The highest BCUT2D eigenvalue weighted by atomic mass is 19.4. The van der Waals surface area contributed by atoms with Gasteiger partial charge in [-0.25, -0.2) is 9.97 Å². The molecule has 0 aliphatic heterocycles. The third kappa shape index (κ3) is 3.62. The number of rotatable bonds is 3. The van der Waals surface area contributed by atoms with Gasteiger partial charge in [-0.05, 0) is 19.3 Å². The molecule has 27 heavy (non-hydrogen) atoms. The van der Waals surface area contributed by atoms with Gasteiger partial charge in [0.25, 0.3) is 5.78 Å². The number of aromatic nitrogens is 6. The SMILES string of the molecule is Oc1ccn2c([C@H]3CCC[C@@H](Nc4ncc(C(F)(F)F)cn4)C3)nnc2n1. The lowest BCUT2D eigenvalue weighted by molar-refractivity contribution is -0.138. The van der Waals surface area contributed by atoms with Gasteiger partial charge in [0.15, 0.2) is 0 Å². The molecule has 8 nitrogen and oxygen atoms in total. The van der Waals surface area contributed by atoms with Gasteiger partial charge in [0.1, 0.15) is 5.82 Å². The van der Waals surface area contributed by atoms with Crippen molar-refractivity contribution in [1.29, 1.82) is 0 Å². The van der Waals surface area contributed by atoms with Crippen LogP contribution in [0.2, 0.25) is 0 Å². The van der Waals surface area contributed by atoms with Crippen LogP contribution in [-0.2, 0) is 6.18 Å². The molecule has 0 unspecified atom stereocenters. The summed E-state index contributed by atoms with van der Waals surface area (Å²) in [7, 11) is 0. The Morgan fingerprint density at radius 3 is 2.67 bits per heavy atom. The van der Waals surface area contributed by atoms with E-state index in [1.165, 1.54) is 6.07 Å². The van der Waals surface area contributed by atoms with Gasteiger partial charge in [0, 0.05) is 36.6 Å². The van der Waals surface area contributed by atoms with Gasteiger partial charge in [-0.2, -0.15) is 18.2 Å². The van der Waals surface area contributed by atoms with E-state index in [1.54, 1.807) is 10.6 Å². The second kappa shape index (κ2) is 6.63. The van der Waals surface area contributed by atoms with E-state index in [4.69, 9.17) is 0 Å². The normalized spacial score (nSPS) is 20.7. The minimum absolute atomic E-state index is 0.0120. The quantitative estimate of drug-likeness (QED) is 0.722. The number of hydrogen-bond donors (Lipinski definition) is 2. The number of fused-ring (bicyclic) bond motifs is 1. The molecule has 0 saturated heterocycles. The minimum Gasteiger partial charge on any atom is -0.493 e. The van der Waals surface area contributed by atoms with E-state index < -0.39 is 11.7 Å². The first-order valence-electron chi connectivity index (χ1n) is 8.46. The summed E-state index contributed by atoms with van der Waals surface area (Å²) in [6, 6.07) is 1.48. The summed E-state index contributed by atoms with van der Waals surface area (Å²) in [4.78, 5) is 11.5. The monoisotopic (exact) mass is 379 g/mol. The van der Waals surface area contributed by atoms with Gasteiger partial charge in [0.2, 0.25) is 11.8 Å². The van der Waals surface area contributed by atoms with E-state index in [2.05, 4.69) is 30.5 Å². The Morgan fingerprint density at radius 1 is 1.15 bits per heavy atom. The number of anilines is 1. The molecule has 1 aliphatic rings. The van der Waals surface area contributed by atoms with Crippen molar-refractivity contribution in [3.8, 4) is 5.88 Å². The standard InChI is InChI=1S/C16H16F3N7O/c17-16(18,19)10-7-20-14(21-8-10)22-11-3-1-2-9(6-11)13-24-25-15-23-12(27)4-5-26(13)15/h4-5,7-9,11H,1-3,6H2,(H,20,21,22)(H,23,25,27)/t9-,11+/m0/s1. The van der Waals surface area contributed by atoms with Crippen molar-refractivity contribution in [1.82, 2.24) is 29.5 Å². The molecule has 1 saturated carbocycles. The van der Waals surface area contributed by atoms with Crippen LogP contribution >= 0.6 is 0 Å². The molecule has 0 amide bonds. The summed E-state index contributed by atoms with van der Waals surface area (Å²) in [6.45, 7) is 0. The number of aromatic hydroxyl groups is 1. The van der Waals surface area contributed by atoms with Crippen molar-refractivity contribution in [3.63, 3.8) is 0 Å². The molecular formula is C16H16F3N7O. The lowest BCUT2D eigenvalue weighted by Gasteiger charge is -2.28. The van der Waals surface area contributed by atoms with Crippen LogP contribution in [0.3, 0.4) is 0 Å². The minimum atomic E-state index is -4.45. The number of alkyl halides is 3. The van der Waals surface area contributed by atoms with Crippen molar-refractivity contribution in [2.45, 2.75) is 43.8 Å². The molecule has 0 spiro atoms. The third-order valence-electron chi connectivity index (χ3n) is 4.64. The smallest absolute Gasteiger partial charge is 0.419 e. The maximum atomic E-state index is 12.6. The van der Waals surface area contributed by atoms with E-state index >= 15 is 0 Å². The molecule has 4 rings (SSSR count). The lowest BCUT2D eigenvalue weighted by atomic mass is 9.85. The molecule has 3 aromatic rings. The molecule has 0 aromatic carbocycles. The average Bonchev–Trinajstić information content (AvgIpc) is 3.04. The van der Waals surface area contributed by atoms with Crippen molar-refractivity contribution in [3.05, 3.63) is 36.0 Å². The second-order valence-corrected chi connectivity index (χ2v) is 6.51. The zero-order valence-electron chi connectivity index (χ0n) is 14.1. The number of halogens is 3. The maximum absolute atomic E-state index is 12.6. The largest absolute Gasteiger partial charge is 0.493 e. The van der Waals surface area contributed by atoms with Gasteiger partial charge in [0.05, 0.1) is 5.56 Å². The molecule has 0 radical (unpaired) electrons. The summed E-state index contributed by atoms with van der Waals surface area (Å²) in [5, 5.41) is 20.7. The average molecular weight is 379 g/mol. The van der Waals surface area contributed by atoms with Crippen LogP contribution in [-0.4, -0.2) is 40.7 Å². The molecule has 1 fully saturated rings. The van der Waals surface area contributed by atoms with E-state index in [9.17, 15) is 18.3 Å². The first-order chi connectivity index (χ1) is 12.9. The van der Waals surface area contributed by atoms with Gasteiger partial charge in [-0.1, -0.05) is 6.42 Å². The fourth-order valence-corrected chi connectivity index (χ4v) is 3.36. The summed E-state index contributed by atoms with van der Waals surface area (Å²) >= 11 is 0. The topological polar surface area (TPSA) is 101 Å². The molecule has 0 bridgehead atoms. The van der Waals surface area contributed by atoms with Crippen LogP contribution in [0, 0.1) is 0 Å². The Kier molecular flexibility index (Phi) is 4.28. The fourth-order valence-electron chi connectivity index (χ4n) is 3.36.